The van der Waals surface area contributed by atoms with Crippen LogP contribution in [0.15, 0.2) is 91.0 Å². The third kappa shape index (κ3) is 5.81. The molecule has 2 aliphatic heterocycles. The lowest BCUT2D eigenvalue weighted by Gasteiger charge is -2.39. The van der Waals surface area contributed by atoms with Gasteiger partial charge in [-0.25, -0.2) is 0 Å². The van der Waals surface area contributed by atoms with Gasteiger partial charge in [-0.3, -0.25) is 0 Å². The van der Waals surface area contributed by atoms with Crippen molar-refractivity contribution in [3.05, 3.63) is 119 Å². The molecular formula is C34H32O9. The van der Waals surface area contributed by atoms with Gasteiger partial charge >= 0.3 is 0 Å². The van der Waals surface area contributed by atoms with Gasteiger partial charge in [-0.2, -0.15) is 0 Å². The fourth-order valence-electron chi connectivity index (χ4n) is 5.57. The molecule has 2 heterocycles. The SMILES string of the molecule is OCC1OC(Oc2ccc(C=Cc3cc(O)c4c(c3)OC(c3ccc(O)cc3)C4c3ccccc3)cc2)C(O)C(O)C1O. The molecule has 4 aromatic rings. The highest BCUT2D eigenvalue weighted by Crippen LogP contribution is 2.53. The first-order valence-electron chi connectivity index (χ1n) is 13.9. The van der Waals surface area contributed by atoms with Crippen molar-refractivity contribution in [2.75, 3.05) is 6.61 Å². The van der Waals surface area contributed by atoms with E-state index in [9.17, 15) is 30.6 Å². The van der Waals surface area contributed by atoms with Crippen LogP contribution in [0.5, 0.6) is 23.0 Å². The summed E-state index contributed by atoms with van der Waals surface area (Å²) in [6, 6.07) is 27.2. The smallest absolute Gasteiger partial charge is 0.229 e. The number of benzene rings is 4. The Bertz CT molecular complexity index is 1570. The third-order valence-electron chi connectivity index (χ3n) is 7.84. The van der Waals surface area contributed by atoms with Gasteiger partial charge in [-0.15, -0.1) is 0 Å². The predicted molar refractivity (Wildman–Crippen MR) is 158 cm³/mol. The summed E-state index contributed by atoms with van der Waals surface area (Å²) in [5.41, 5.74) is 4.15. The van der Waals surface area contributed by atoms with Crippen LogP contribution in [0.4, 0.5) is 0 Å². The lowest BCUT2D eigenvalue weighted by Crippen LogP contribution is -2.60. The molecule has 43 heavy (non-hydrogen) atoms. The summed E-state index contributed by atoms with van der Waals surface area (Å²) in [6.45, 7) is -0.539. The quantitative estimate of drug-likeness (QED) is 0.179. The molecule has 2 aliphatic rings. The standard InChI is InChI=1S/C34H32O9/c35-18-27-30(38)31(39)32(40)34(43-27)41-24-14-8-19(9-15-24)6-7-20-16-25(37)29-26(17-20)42-33(22-10-12-23(36)13-11-22)28(29)21-4-2-1-3-5-21/h1-17,27-28,30-40H,18H2. The molecule has 6 N–H and O–H groups in total. The van der Waals surface area contributed by atoms with Crippen molar-refractivity contribution in [3.8, 4) is 23.0 Å². The Morgan fingerprint density at radius 2 is 1.42 bits per heavy atom. The van der Waals surface area contributed by atoms with Crippen LogP contribution < -0.4 is 9.47 Å². The van der Waals surface area contributed by atoms with Gasteiger partial charge in [-0.05, 0) is 58.7 Å². The van der Waals surface area contributed by atoms with Gasteiger partial charge in [0, 0.05) is 5.56 Å². The van der Waals surface area contributed by atoms with E-state index < -0.39 is 37.3 Å². The number of phenols is 2. The van der Waals surface area contributed by atoms with E-state index in [0.29, 0.717) is 17.1 Å². The van der Waals surface area contributed by atoms with Crippen LogP contribution in [0.1, 0.15) is 39.8 Å². The topological polar surface area (TPSA) is 149 Å². The molecule has 0 bridgehead atoms. The summed E-state index contributed by atoms with van der Waals surface area (Å²) in [7, 11) is 0. The highest BCUT2D eigenvalue weighted by atomic mass is 16.7. The molecule has 6 rings (SSSR count). The van der Waals surface area contributed by atoms with Crippen LogP contribution in [-0.4, -0.2) is 68.0 Å². The molecule has 0 spiro atoms. The van der Waals surface area contributed by atoms with Crippen molar-refractivity contribution in [1.82, 2.24) is 0 Å². The minimum Gasteiger partial charge on any atom is -0.508 e. The van der Waals surface area contributed by atoms with Crippen LogP contribution >= 0.6 is 0 Å². The Balaban J connectivity index is 1.21. The number of hydrogen-bond acceptors (Lipinski definition) is 9. The van der Waals surface area contributed by atoms with Crippen LogP contribution in [0.25, 0.3) is 12.2 Å². The summed E-state index contributed by atoms with van der Waals surface area (Å²) < 4.78 is 17.5. The van der Waals surface area contributed by atoms with E-state index in [1.54, 1.807) is 42.5 Å². The van der Waals surface area contributed by atoms with Gasteiger partial charge in [0.05, 0.1) is 12.5 Å². The second-order valence-corrected chi connectivity index (χ2v) is 10.7. The summed E-state index contributed by atoms with van der Waals surface area (Å²) in [5, 5.41) is 60.5. The van der Waals surface area contributed by atoms with E-state index in [4.69, 9.17) is 14.2 Å². The zero-order valence-corrected chi connectivity index (χ0v) is 23.0. The summed E-state index contributed by atoms with van der Waals surface area (Å²) in [6.07, 6.45) is -3.48. The van der Waals surface area contributed by atoms with Gasteiger partial charge in [0.25, 0.3) is 0 Å². The zero-order valence-electron chi connectivity index (χ0n) is 23.0. The minimum atomic E-state index is -1.52. The number of aromatic hydroxyl groups is 2. The monoisotopic (exact) mass is 584 g/mol. The summed E-state index contributed by atoms with van der Waals surface area (Å²) in [5.74, 6) is 0.983. The number of rotatable bonds is 7. The summed E-state index contributed by atoms with van der Waals surface area (Å²) in [4.78, 5) is 0. The lowest BCUT2D eigenvalue weighted by molar-refractivity contribution is -0.277. The maximum absolute atomic E-state index is 11.2. The number of aliphatic hydroxyl groups is 4. The largest absolute Gasteiger partial charge is 0.508 e. The second-order valence-electron chi connectivity index (χ2n) is 10.7. The molecule has 222 valence electrons. The Morgan fingerprint density at radius 1 is 0.721 bits per heavy atom. The van der Waals surface area contributed by atoms with E-state index in [0.717, 1.165) is 22.3 Å². The molecule has 9 heteroatoms. The van der Waals surface area contributed by atoms with E-state index in [2.05, 4.69) is 0 Å². The molecule has 1 saturated heterocycles. The van der Waals surface area contributed by atoms with E-state index >= 15 is 0 Å². The number of aliphatic hydroxyl groups excluding tert-OH is 4. The predicted octanol–water partition coefficient (Wildman–Crippen LogP) is 3.71. The highest BCUT2D eigenvalue weighted by Gasteiger charge is 2.44. The molecule has 0 aromatic heterocycles. The van der Waals surface area contributed by atoms with Gasteiger partial charge in [0.15, 0.2) is 0 Å². The zero-order chi connectivity index (χ0) is 30.1. The van der Waals surface area contributed by atoms with E-state index in [-0.39, 0.29) is 23.5 Å². The van der Waals surface area contributed by atoms with E-state index in [1.165, 1.54) is 0 Å². The first-order chi connectivity index (χ1) is 20.8. The molecular weight excluding hydrogens is 552 g/mol. The molecule has 0 radical (unpaired) electrons. The first kappa shape index (κ1) is 28.7. The van der Waals surface area contributed by atoms with Gasteiger partial charge in [-0.1, -0.05) is 66.7 Å². The molecule has 0 amide bonds. The minimum absolute atomic E-state index is 0.121. The van der Waals surface area contributed by atoms with Crippen LogP contribution in [0.2, 0.25) is 0 Å². The highest BCUT2D eigenvalue weighted by molar-refractivity contribution is 5.73. The van der Waals surface area contributed by atoms with Crippen LogP contribution in [0, 0.1) is 0 Å². The Hall–Kier alpha value is -4.38. The number of hydrogen-bond donors (Lipinski definition) is 6. The van der Waals surface area contributed by atoms with Crippen molar-refractivity contribution >= 4 is 12.2 Å². The van der Waals surface area contributed by atoms with Crippen LogP contribution in [-0.2, 0) is 4.74 Å². The Labute approximate surface area is 248 Å². The van der Waals surface area contributed by atoms with Crippen molar-refractivity contribution in [1.29, 1.82) is 0 Å². The van der Waals surface area contributed by atoms with Crippen molar-refractivity contribution in [2.45, 2.75) is 42.7 Å². The van der Waals surface area contributed by atoms with E-state index in [1.807, 2.05) is 60.7 Å². The molecule has 7 atom stereocenters. The average Bonchev–Trinajstić information content (AvgIpc) is 3.42. The second kappa shape index (κ2) is 12.1. The van der Waals surface area contributed by atoms with Crippen molar-refractivity contribution in [2.24, 2.45) is 0 Å². The Kier molecular flexibility index (Phi) is 8.07. The number of phenolic OH excluding ortho intramolecular Hbond substituents is 2. The van der Waals surface area contributed by atoms with Crippen LogP contribution in [0.3, 0.4) is 0 Å². The van der Waals surface area contributed by atoms with Gasteiger partial charge in [0.2, 0.25) is 6.29 Å². The molecule has 7 unspecified atom stereocenters. The molecule has 0 saturated carbocycles. The first-order valence-corrected chi connectivity index (χ1v) is 13.9. The maximum Gasteiger partial charge on any atom is 0.229 e. The average molecular weight is 585 g/mol. The van der Waals surface area contributed by atoms with Crippen molar-refractivity contribution < 1.29 is 44.8 Å². The fourth-order valence-corrected chi connectivity index (χ4v) is 5.57. The number of ether oxygens (including phenoxy) is 3. The van der Waals surface area contributed by atoms with Gasteiger partial charge in [0.1, 0.15) is 53.5 Å². The molecule has 4 aromatic carbocycles. The number of fused-ring (bicyclic) bond motifs is 1. The maximum atomic E-state index is 11.2. The third-order valence-corrected chi connectivity index (χ3v) is 7.84. The summed E-state index contributed by atoms with van der Waals surface area (Å²) >= 11 is 0. The van der Waals surface area contributed by atoms with Gasteiger partial charge < -0.3 is 44.8 Å². The molecule has 9 nitrogen and oxygen atoms in total. The Morgan fingerprint density at radius 3 is 2.12 bits per heavy atom. The van der Waals surface area contributed by atoms with Crippen molar-refractivity contribution in [3.63, 3.8) is 0 Å². The molecule has 1 fully saturated rings. The lowest BCUT2D eigenvalue weighted by atomic mass is 9.84. The normalized spacial score (nSPS) is 26.7. The fraction of sp³-hybridized carbons (Fsp3) is 0.235. The molecule has 0 aliphatic carbocycles.